The average molecular weight is 398 g/mol. The Balaban J connectivity index is 1.75. The normalized spacial score (nSPS) is 24.4. The standard InChI is InChI=1S/C22H31N5O2/c1-15(2)26-19(28)14-29-21(20(26)17-8-6-5-7-9-17)22-23-16(3)24-27(22)18-10-12-25(4)13-11-18/h5-9,15,18,20-21H,10-14H2,1-4H3/t20-,21+/m1/s1. The molecule has 7 nitrogen and oxygen atoms in total. The third-order valence-electron chi connectivity index (χ3n) is 6.01. The van der Waals surface area contributed by atoms with E-state index in [-0.39, 0.29) is 30.7 Å². The van der Waals surface area contributed by atoms with Crippen LogP contribution in [0, 0.1) is 6.92 Å². The van der Waals surface area contributed by atoms with Crippen molar-refractivity contribution in [3.63, 3.8) is 0 Å². The van der Waals surface area contributed by atoms with Crippen molar-refractivity contribution in [1.29, 1.82) is 0 Å². The molecule has 3 heterocycles. The summed E-state index contributed by atoms with van der Waals surface area (Å²) in [6, 6.07) is 10.3. The van der Waals surface area contributed by atoms with Crippen molar-refractivity contribution in [2.45, 2.75) is 57.8 Å². The van der Waals surface area contributed by atoms with Gasteiger partial charge in [-0.25, -0.2) is 9.67 Å². The third kappa shape index (κ3) is 3.94. The first-order valence-electron chi connectivity index (χ1n) is 10.5. The highest BCUT2D eigenvalue weighted by atomic mass is 16.5. The van der Waals surface area contributed by atoms with Gasteiger partial charge in [0.25, 0.3) is 0 Å². The van der Waals surface area contributed by atoms with Crippen LogP contribution < -0.4 is 0 Å². The van der Waals surface area contributed by atoms with Crippen molar-refractivity contribution in [3.8, 4) is 0 Å². The predicted octanol–water partition coefficient (Wildman–Crippen LogP) is 2.90. The zero-order valence-corrected chi connectivity index (χ0v) is 17.8. The fourth-order valence-corrected chi connectivity index (χ4v) is 4.59. The van der Waals surface area contributed by atoms with Crippen molar-refractivity contribution in [1.82, 2.24) is 24.6 Å². The Labute approximate surface area is 172 Å². The Morgan fingerprint density at radius 3 is 2.48 bits per heavy atom. The van der Waals surface area contributed by atoms with Gasteiger partial charge in [0.2, 0.25) is 5.91 Å². The number of hydrogen-bond donors (Lipinski definition) is 0. The first-order valence-corrected chi connectivity index (χ1v) is 10.5. The van der Waals surface area contributed by atoms with E-state index in [0.717, 1.165) is 43.1 Å². The zero-order chi connectivity index (χ0) is 20.5. The van der Waals surface area contributed by atoms with Gasteiger partial charge in [-0.15, -0.1) is 0 Å². The lowest BCUT2D eigenvalue weighted by atomic mass is 9.95. The van der Waals surface area contributed by atoms with Crippen LogP contribution in [0.1, 0.15) is 62.1 Å². The van der Waals surface area contributed by atoms with E-state index in [1.165, 1.54) is 0 Å². The number of hydrogen-bond acceptors (Lipinski definition) is 5. The number of aryl methyl sites for hydroxylation is 1. The smallest absolute Gasteiger partial charge is 0.249 e. The molecule has 29 heavy (non-hydrogen) atoms. The van der Waals surface area contributed by atoms with Crippen LogP contribution in [0.2, 0.25) is 0 Å². The molecule has 2 aromatic rings. The highest BCUT2D eigenvalue weighted by Crippen LogP contribution is 2.41. The van der Waals surface area contributed by atoms with Gasteiger partial charge in [0.1, 0.15) is 18.5 Å². The van der Waals surface area contributed by atoms with Gasteiger partial charge in [0.05, 0.1) is 12.1 Å². The number of amides is 1. The number of piperidine rings is 1. The SMILES string of the molecule is Cc1nc([C@H]2OCC(=O)N(C(C)C)[C@@H]2c2ccccc2)n(C2CCN(C)CC2)n1. The van der Waals surface area contributed by atoms with Gasteiger partial charge in [-0.1, -0.05) is 30.3 Å². The molecule has 1 amide bonds. The molecule has 2 atom stereocenters. The van der Waals surface area contributed by atoms with Crippen LogP contribution in [-0.2, 0) is 9.53 Å². The average Bonchev–Trinajstić information content (AvgIpc) is 3.10. The zero-order valence-electron chi connectivity index (χ0n) is 17.8. The summed E-state index contributed by atoms with van der Waals surface area (Å²) in [5.74, 6) is 1.61. The molecule has 7 heteroatoms. The molecule has 4 rings (SSSR count). The van der Waals surface area contributed by atoms with Crippen molar-refractivity contribution in [2.24, 2.45) is 0 Å². The summed E-state index contributed by atoms with van der Waals surface area (Å²) in [6.45, 7) is 8.22. The highest BCUT2D eigenvalue weighted by molar-refractivity contribution is 5.79. The monoisotopic (exact) mass is 397 g/mol. The molecule has 0 spiro atoms. The number of ether oxygens (including phenoxy) is 1. The first kappa shape index (κ1) is 20.0. The third-order valence-corrected chi connectivity index (χ3v) is 6.01. The van der Waals surface area contributed by atoms with Crippen molar-refractivity contribution in [2.75, 3.05) is 26.7 Å². The summed E-state index contributed by atoms with van der Waals surface area (Å²) in [7, 11) is 2.16. The van der Waals surface area contributed by atoms with E-state index >= 15 is 0 Å². The lowest BCUT2D eigenvalue weighted by Gasteiger charge is -2.43. The van der Waals surface area contributed by atoms with Crippen LogP contribution in [0.15, 0.2) is 30.3 Å². The molecule has 0 unspecified atom stereocenters. The molecule has 0 N–H and O–H groups in total. The molecular weight excluding hydrogens is 366 g/mol. The molecular formula is C22H31N5O2. The molecule has 2 saturated heterocycles. The molecule has 2 aliphatic rings. The largest absolute Gasteiger partial charge is 0.358 e. The Morgan fingerprint density at radius 2 is 1.83 bits per heavy atom. The summed E-state index contributed by atoms with van der Waals surface area (Å²) in [6.07, 6.45) is 1.75. The van der Waals surface area contributed by atoms with Gasteiger partial charge >= 0.3 is 0 Å². The van der Waals surface area contributed by atoms with E-state index < -0.39 is 0 Å². The second-order valence-corrected chi connectivity index (χ2v) is 8.48. The van der Waals surface area contributed by atoms with E-state index in [0.29, 0.717) is 6.04 Å². The molecule has 0 bridgehead atoms. The highest BCUT2D eigenvalue weighted by Gasteiger charge is 2.43. The van der Waals surface area contributed by atoms with Gasteiger partial charge < -0.3 is 14.5 Å². The number of nitrogens with zero attached hydrogens (tertiary/aromatic N) is 5. The van der Waals surface area contributed by atoms with Gasteiger partial charge in [-0.05, 0) is 59.3 Å². The molecule has 2 fully saturated rings. The number of aromatic nitrogens is 3. The van der Waals surface area contributed by atoms with Crippen LogP contribution in [0.25, 0.3) is 0 Å². The number of carbonyl (C=O) groups excluding carboxylic acids is 1. The maximum absolute atomic E-state index is 12.8. The maximum atomic E-state index is 12.8. The minimum Gasteiger partial charge on any atom is -0.358 e. The molecule has 2 aliphatic heterocycles. The summed E-state index contributed by atoms with van der Waals surface area (Å²) in [5.41, 5.74) is 1.06. The number of rotatable bonds is 4. The van der Waals surface area contributed by atoms with Crippen molar-refractivity contribution in [3.05, 3.63) is 47.5 Å². The quantitative estimate of drug-likeness (QED) is 0.794. The van der Waals surface area contributed by atoms with E-state index in [1.807, 2.05) is 30.0 Å². The Hall–Kier alpha value is -2.25. The Morgan fingerprint density at radius 1 is 1.14 bits per heavy atom. The lowest BCUT2D eigenvalue weighted by Crippen LogP contribution is -2.49. The predicted molar refractivity (Wildman–Crippen MR) is 110 cm³/mol. The molecule has 0 aliphatic carbocycles. The van der Waals surface area contributed by atoms with E-state index in [1.54, 1.807) is 0 Å². The summed E-state index contributed by atoms with van der Waals surface area (Å²) in [5, 5.41) is 4.76. The van der Waals surface area contributed by atoms with Crippen molar-refractivity contribution < 1.29 is 9.53 Å². The maximum Gasteiger partial charge on any atom is 0.249 e. The summed E-state index contributed by atoms with van der Waals surface area (Å²) >= 11 is 0. The first-order chi connectivity index (χ1) is 14.0. The van der Waals surface area contributed by atoms with E-state index in [4.69, 9.17) is 14.8 Å². The van der Waals surface area contributed by atoms with Crippen LogP contribution in [0.4, 0.5) is 0 Å². The van der Waals surface area contributed by atoms with Gasteiger partial charge in [-0.2, -0.15) is 5.10 Å². The minimum absolute atomic E-state index is 0.0205. The lowest BCUT2D eigenvalue weighted by molar-refractivity contribution is -0.163. The van der Waals surface area contributed by atoms with Crippen LogP contribution in [0.5, 0.6) is 0 Å². The number of morpholine rings is 1. The Kier molecular flexibility index (Phi) is 5.69. The van der Waals surface area contributed by atoms with Gasteiger partial charge in [0.15, 0.2) is 5.82 Å². The fourth-order valence-electron chi connectivity index (χ4n) is 4.59. The van der Waals surface area contributed by atoms with E-state index in [2.05, 4.69) is 42.6 Å². The van der Waals surface area contributed by atoms with E-state index in [9.17, 15) is 4.79 Å². The van der Waals surface area contributed by atoms with Gasteiger partial charge in [0, 0.05) is 6.04 Å². The molecule has 1 aromatic heterocycles. The molecule has 156 valence electrons. The topological polar surface area (TPSA) is 63.5 Å². The van der Waals surface area contributed by atoms with Crippen LogP contribution >= 0.6 is 0 Å². The van der Waals surface area contributed by atoms with Crippen LogP contribution in [0.3, 0.4) is 0 Å². The summed E-state index contributed by atoms with van der Waals surface area (Å²) < 4.78 is 8.25. The van der Waals surface area contributed by atoms with Crippen LogP contribution in [-0.4, -0.2) is 63.3 Å². The number of likely N-dealkylation sites (tertiary alicyclic amines) is 1. The van der Waals surface area contributed by atoms with Crippen molar-refractivity contribution >= 4 is 5.91 Å². The Bertz CT molecular complexity index is 842. The molecule has 0 saturated carbocycles. The molecule has 0 radical (unpaired) electrons. The fraction of sp³-hybridized carbons (Fsp3) is 0.591. The molecule has 1 aromatic carbocycles. The number of carbonyl (C=O) groups is 1. The van der Waals surface area contributed by atoms with Gasteiger partial charge in [-0.3, -0.25) is 4.79 Å². The minimum atomic E-state index is -0.335. The summed E-state index contributed by atoms with van der Waals surface area (Å²) in [4.78, 5) is 21.9. The second kappa shape index (κ2) is 8.24. The second-order valence-electron chi connectivity index (χ2n) is 8.48. The number of benzene rings is 1.